The normalized spacial score (nSPS) is 24.3. The Hall–Kier alpha value is -1.02. The van der Waals surface area contributed by atoms with Crippen molar-refractivity contribution >= 4 is 5.69 Å². The number of piperidine rings is 1. The molecule has 2 nitrogen and oxygen atoms in total. The largest absolute Gasteiger partial charge is 0.371 e. The molecule has 1 fully saturated rings. The number of aryl methyl sites for hydroxylation is 1. The lowest BCUT2D eigenvalue weighted by Crippen LogP contribution is -2.38. The maximum atomic E-state index is 5.64. The Bertz CT molecular complexity index is 390. The third kappa shape index (κ3) is 3.05. The first-order valence-corrected chi connectivity index (χ1v) is 7.14. The summed E-state index contributed by atoms with van der Waals surface area (Å²) in [6, 6.07) is 6.85. The molecule has 100 valence electrons. The van der Waals surface area contributed by atoms with E-state index in [2.05, 4.69) is 43.9 Å². The average molecular weight is 246 g/mol. The van der Waals surface area contributed by atoms with E-state index in [0.29, 0.717) is 0 Å². The van der Waals surface area contributed by atoms with Crippen LogP contribution in [0.4, 0.5) is 5.69 Å². The van der Waals surface area contributed by atoms with Crippen molar-refractivity contribution in [1.82, 2.24) is 0 Å². The van der Waals surface area contributed by atoms with Crippen LogP contribution in [0.15, 0.2) is 18.2 Å². The Morgan fingerprint density at radius 3 is 2.44 bits per heavy atom. The number of hydrogen-bond donors (Lipinski definition) is 1. The highest BCUT2D eigenvalue weighted by molar-refractivity contribution is 5.51. The molecule has 0 spiro atoms. The van der Waals surface area contributed by atoms with Crippen LogP contribution in [0.5, 0.6) is 0 Å². The van der Waals surface area contributed by atoms with E-state index in [-0.39, 0.29) is 0 Å². The van der Waals surface area contributed by atoms with E-state index in [1.165, 1.54) is 36.3 Å². The monoisotopic (exact) mass is 246 g/mol. The summed E-state index contributed by atoms with van der Waals surface area (Å²) in [5.74, 6) is 1.61. The van der Waals surface area contributed by atoms with Gasteiger partial charge in [-0.25, -0.2) is 0 Å². The highest BCUT2D eigenvalue weighted by Crippen LogP contribution is 2.27. The Kier molecular flexibility index (Phi) is 4.28. The van der Waals surface area contributed by atoms with Crippen LogP contribution in [0.3, 0.4) is 0 Å². The minimum Gasteiger partial charge on any atom is -0.371 e. The highest BCUT2D eigenvalue weighted by Gasteiger charge is 2.22. The van der Waals surface area contributed by atoms with Crippen molar-refractivity contribution in [2.75, 3.05) is 24.5 Å². The van der Waals surface area contributed by atoms with Crippen LogP contribution in [0.1, 0.15) is 31.4 Å². The van der Waals surface area contributed by atoms with Crippen LogP contribution < -0.4 is 10.6 Å². The SMILES string of the molecule is Cc1cc(N2CC(C)CC(C)C2)ccc1CCN. The Labute approximate surface area is 111 Å². The van der Waals surface area contributed by atoms with Gasteiger partial charge in [-0.3, -0.25) is 0 Å². The maximum Gasteiger partial charge on any atom is 0.0369 e. The van der Waals surface area contributed by atoms with Gasteiger partial charge in [-0.05, 0) is 61.4 Å². The second-order valence-corrected chi connectivity index (χ2v) is 6.00. The maximum absolute atomic E-state index is 5.64. The fraction of sp³-hybridized carbons (Fsp3) is 0.625. The van der Waals surface area contributed by atoms with E-state index in [1.807, 2.05) is 0 Å². The molecule has 1 aromatic rings. The quantitative estimate of drug-likeness (QED) is 0.888. The van der Waals surface area contributed by atoms with E-state index in [9.17, 15) is 0 Å². The van der Waals surface area contributed by atoms with Crippen molar-refractivity contribution in [3.63, 3.8) is 0 Å². The molecule has 1 aliphatic rings. The van der Waals surface area contributed by atoms with Crippen molar-refractivity contribution in [3.8, 4) is 0 Å². The second-order valence-electron chi connectivity index (χ2n) is 6.00. The molecular formula is C16H26N2. The summed E-state index contributed by atoms with van der Waals surface area (Å²) in [5.41, 5.74) is 9.78. The third-order valence-electron chi connectivity index (χ3n) is 3.97. The van der Waals surface area contributed by atoms with Crippen molar-refractivity contribution < 1.29 is 0 Å². The molecule has 2 rings (SSSR count). The van der Waals surface area contributed by atoms with Crippen LogP contribution in [-0.2, 0) is 6.42 Å². The van der Waals surface area contributed by atoms with Crippen LogP contribution in [0.25, 0.3) is 0 Å². The third-order valence-corrected chi connectivity index (χ3v) is 3.97. The molecule has 18 heavy (non-hydrogen) atoms. The average Bonchev–Trinajstić information content (AvgIpc) is 2.30. The molecule has 0 amide bonds. The van der Waals surface area contributed by atoms with Gasteiger partial charge in [0.1, 0.15) is 0 Å². The molecule has 2 heteroatoms. The van der Waals surface area contributed by atoms with Gasteiger partial charge in [-0.15, -0.1) is 0 Å². The number of rotatable bonds is 3. The zero-order chi connectivity index (χ0) is 13.1. The molecule has 1 saturated heterocycles. The van der Waals surface area contributed by atoms with Gasteiger partial charge in [-0.1, -0.05) is 19.9 Å². The predicted molar refractivity (Wildman–Crippen MR) is 79.1 cm³/mol. The molecule has 1 aliphatic heterocycles. The predicted octanol–water partition coefficient (Wildman–Crippen LogP) is 2.98. The fourth-order valence-electron chi connectivity index (χ4n) is 3.19. The Balaban J connectivity index is 2.15. The molecule has 2 N–H and O–H groups in total. The first-order valence-electron chi connectivity index (χ1n) is 7.14. The number of hydrogen-bond acceptors (Lipinski definition) is 2. The lowest BCUT2D eigenvalue weighted by Gasteiger charge is -2.37. The van der Waals surface area contributed by atoms with Gasteiger partial charge in [0.15, 0.2) is 0 Å². The van der Waals surface area contributed by atoms with Crippen LogP contribution >= 0.6 is 0 Å². The minimum absolute atomic E-state index is 0.734. The standard InChI is InChI=1S/C16H26N2/c1-12-8-13(2)11-18(10-12)16-5-4-15(6-7-17)14(3)9-16/h4-5,9,12-13H,6-8,10-11,17H2,1-3H3. The van der Waals surface area contributed by atoms with Gasteiger partial charge in [0.05, 0.1) is 0 Å². The summed E-state index contributed by atoms with van der Waals surface area (Å²) in [6.45, 7) is 10.0. The minimum atomic E-state index is 0.734. The summed E-state index contributed by atoms with van der Waals surface area (Å²) in [6.07, 6.45) is 2.35. The van der Waals surface area contributed by atoms with E-state index in [0.717, 1.165) is 24.8 Å². The molecule has 0 radical (unpaired) electrons. The fourth-order valence-corrected chi connectivity index (χ4v) is 3.19. The first kappa shape index (κ1) is 13.4. The second kappa shape index (κ2) is 5.75. The molecule has 1 heterocycles. The van der Waals surface area contributed by atoms with Crippen molar-refractivity contribution in [2.24, 2.45) is 17.6 Å². The van der Waals surface area contributed by atoms with Gasteiger partial charge in [0, 0.05) is 18.8 Å². The smallest absolute Gasteiger partial charge is 0.0369 e. The zero-order valence-corrected chi connectivity index (χ0v) is 11.9. The lowest BCUT2D eigenvalue weighted by atomic mass is 9.91. The molecule has 0 aliphatic carbocycles. The number of nitrogens with zero attached hydrogens (tertiary/aromatic N) is 1. The first-order chi connectivity index (χ1) is 8.60. The van der Waals surface area contributed by atoms with Gasteiger partial charge in [0.25, 0.3) is 0 Å². The Morgan fingerprint density at radius 2 is 1.89 bits per heavy atom. The van der Waals surface area contributed by atoms with Gasteiger partial charge < -0.3 is 10.6 Å². The van der Waals surface area contributed by atoms with E-state index < -0.39 is 0 Å². The topological polar surface area (TPSA) is 29.3 Å². The van der Waals surface area contributed by atoms with Gasteiger partial charge >= 0.3 is 0 Å². The number of nitrogens with two attached hydrogens (primary N) is 1. The molecule has 1 aromatic carbocycles. The molecular weight excluding hydrogens is 220 g/mol. The highest BCUT2D eigenvalue weighted by atomic mass is 15.1. The summed E-state index contributed by atoms with van der Waals surface area (Å²) >= 11 is 0. The van der Waals surface area contributed by atoms with E-state index in [1.54, 1.807) is 0 Å². The van der Waals surface area contributed by atoms with Crippen molar-refractivity contribution in [1.29, 1.82) is 0 Å². The van der Waals surface area contributed by atoms with Crippen LogP contribution in [0, 0.1) is 18.8 Å². The van der Waals surface area contributed by atoms with E-state index in [4.69, 9.17) is 5.73 Å². The summed E-state index contributed by atoms with van der Waals surface area (Å²) in [5, 5.41) is 0. The lowest BCUT2D eigenvalue weighted by molar-refractivity contribution is 0.357. The van der Waals surface area contributed by atoms with Crippen molar-refractivity contribution in [3.05, 3.63) is 29.3 Å². The Morgan fingerprint density at radius 1 is 1.22 bits per heavy atom. The molecule has 0 saturated carbocycles. The van der Waals surface area contributed by atoms with Crippen LogP contribution in [0.2, 0.25) is 0 Å². The van der Waals surface area contributed by atoms with E-state index >= 15 is 0 Å². The number of benzene rings is 1. The summed E-state index contributed by atoms with van der Waals surface area (Å²) in [4.78, 5) is 2.54. The van der Waals surface area contributed by atoms with Crippen molar-refractivity contribution in [2.45, 2.75) is 33.6 Å². The van der Waals surface area contributed by atoms with Gasteiger partial charge in [-0.2, -0.15) is 0 Å². The van der Waals surface area contributed by atoms with Gasteiger partial charge in [0.2, 0.25) is 0 Å². The number of anilines is 1. The molecule has 0 bridgehead atoms. The van der Waals surface area contributed by atoms with Crippen LogP contribution in [-0.4, -0.2) is 19.6 Å². The summed E-state index contributed by atoms with van der Waals surface area (Å²) in [7, 11) is 0. The molecule has 2 unspecified atom stereocenters. The zero-order valence-electron chi connectivity index (χ0n) is 11.9. The summed E-state index contributed by atoms with van der Waals surface area (Å²) < 4.78 is 0. The molecule has 2 atom stereocenters. The molecule has 0 aromatic heterocycles.